The van der Waals surface area contributed by atoms with Crippen LogP contribution in [0.2, 0.25) is 0 Å². The predicted molar refractivity (Wildman–Crippen MR) is 392 cm³/mol. The van der Waals surface area contributed by atoms with Gasteiger partial charge in [-0.3, -0.25) is 4.79 Å². The Morgan fingerprint density at radius 3 is 0.983 bits per heavy atom. The molecule has 2 bridgehead atoms. The number of rotatable bonds is 21. The Bertz CT molecular complexity index is 2820. The van der Waals surface area contributed by atoms with Crippen molar-refractivity contribution in [2.75, 3.05) is 12.8 Å². The molecule has 0 spiro atoms. The molecule has 7 fully saturated rings. The summed E-state index contributed by atoms with van der Waals surface area (Å²) in [5.74, 6) is -0.596. The van der Waals surface area contributed by atoms with Crippen LogP contribution in [0.4, 0.5) is 0 Å². The van der Waals surface area contributed by atoms with Crippen LogP contribution in [0.15, 0.2) is 119 Å². The van der Waals surface area contributed by atoms with Crippen LogP contribution in [0, 0.1) is 23.7 Å². The van der Waals surface area contributed by atoms with E-state index in [-0.39, 0.29) is 793 Å². The quantitative estimate of drug-likeness (QED) is 0.0314. The molecule has 6 aliphatic carbocycles. The number of hydrogen-bond acceptors (Lipinski definition) is 18. The van der Waals surface area contributed by atoms with E-state index in [0.29, 0.717) is 51.1 Å². The van der Waals surface area contributed by atoms with Gasteiger partial charge in [-0.05, 0) is 102 Å². The first-order chi connectivity index (χ1) is 47.1. The zero-order valence-corrected chi connectivity index (χ0v) is 137. The summed E-state index contributed by atoms with van der Waals surface area (Å²) >= 11 is 0. The van der Waals surface area contributed by atoms with Gasteiger partial charge in [0.15, 0.2) is 5.60 Å². The van der Waals surface area contributed by atoms with E-state index in [0.717, 1.165) is 148 Å². The number of benzene rings is 2. The van der Waals surface area contributed by atoms with Crippen LogP contribution in [0.5, 0.6) is 0 Å². The van der Waals surface area contributed by atoms with Crippen LogP contribution in [-0.2, 0) is 738 Å². The fourth-order valence-corrected chi connectivity index (χ4v) is 17.4. The van der Waals surface area contributed by atoms with Crippen molar-refractivity contribution < 1.29 is 810 Å². The van der Waals surface area contributed by atoms with Crippen LogP contribution in [0.1, 0.15) is 235 Å². The Balaban J connectivity index is -0.0000000598. The van der Waals surface area contributed by atoms with E-state index < -0.39 is 79.2 Å². The number of unbranched alkanes of at least 4 members (excludes halogenated alkanes) is 6. The van der Waals surface area contributed by atoms with Gasteiger partial charge < -0.3 is 80.8 Å². The molecule has 9 rings (SSSR count). The number of esters is 1. The minimum absolute atomic E-state index is 0. The maximum atomic E-state index is 14.0. The third kappa shape index (κ3) is 71.8. The summed E-state index contributed by atoms with van der Waals surface area (Å²) in [6.07, 6.45) is 24.6. The third-order valence-corrected chi connectivity index (χ3v) is 23.8. The van der Waals surface area contributed by atoms with E-state index >= 15 is 0 Å². The molecule has 7 aliphatic rings. The number of ketones is 1. The van der Waals surface area contributed by atoms with E-state index in [9.17, 15) is 80.5 Å². The molecule has 41 heteroatoms. The van der Waals surface area contributed by atoms with Crippen molar-refractivity contribution >= 4 is 29.5 Å². The minimum Gasteiger partial charge on any atom is -0.460 e. The molecule has 6 saturated carbocycles. The van der Waals surface area contributed by atoms with Gasteiger partial charge in [-0.25, -0.2) is 4.79 Å². The van der Waals surface area contributed by atoms with E-state index in [2.05, 4.69) is 41.5 Å². The number of Topliss-reactive ketones (excluding diaryl/α,β-unsaturated/α-hetero) is 1. The molecular weight excluding hydrogens is 3240 g/mol. The van der Waals surface area contributed by atoms with E-state index in [1.807, 2.05) is 91.9 Å². The Labute approximate surface area is 1280 Å². The number of carbonyl (C=O) groups is 2. The summed E-state index contributed by atoms with van der Waals surface area (Å²) in [6.45, 7) is 16.2. The smallest absolute Gasteiger partial charge is 0.338 e. The Morgan fingerprint density at radius 1 is 0.380 bits per heavy atom. The summed E-state index contributed by atoms with van der Waals surface area (Å²) in [7, 11) is -2.82. The molecule has 0 aromatic heterocycles. The van der Waals surface area contributed by atoms with Gasteiger partial charge in [0.25, 0.3) is 0 Å². The number of fused-ring (bicyclic) bond motifs is 2. The van der Waals surface area contributed by atoms with Crippen LogP contribution in [-0.4, -0.2) is 180 Å². The van der Waals surface area contributed by atoms with Crippen molar-refractivity contribution in [3.63, 3.8) is 0 Å². The molecule has 14 atom stereocenters. The van der Waals surface area contributed by atoms with Crippen LogP contribution in [0.25, 0.3) is 0 Å². The number of allylic oxidation sites excluding steroid dienone is 4. The molecule has 121 heavy (non-hydrogen) atoms. The summed E-state index contributed by atoms with van der Waals surface area (Å²) < 4.78 is 19.2. The normalized spacial score (nSPS) is 25.7. The van der Waals surface area contributed by atoms with Crippen molar-refractivity contribution in [1.29, 1.82) is 0 Å². The maximum Gasteiger partial charge on any atom is 0.338 e. The first-order valence-electron chi connectivity index (χ1n) is 37.5. The molecule has 18 nitrogen and oxygen atoms in total. The zero-order valence-electron chi connectivity index (χ0n) is 73.7. The number of ether oxygens (including phenoxy) is 1. The number of aliphatic hydroxyl groups excluding tert-OH is 12. The predicted octanol–water partition coefficient (Wildman–Crippen LogP) is 10.1. The standard InChI is InChI=1S/C24H29O3P.C12H20O3.C12H22O2.C11H18O4.C11H22O3.C10H18O3.22Y/c1-2-3-14-22-23(25)17-19(18-24(22)26)15-16-28(27,20-10-6-4-7-11-20)21-12-8-5-9-13-21;1-2-3-4-10-11(14)7-9(5-6-13)8-12(10)15;1-3-5-6-10-11(13)7-9(4-2)8-12(10)14;1-2-3-4-7-8(12)5-11(14)6-9(7)15-10(11)13;1-3-4-5-8-9(12)6-11(2,14)7-10(8)13;1-2-3-4-8-9(12)5-7(11)6-10(8)13;;;;;;;;;;;;;;;;;;;;;;/h4-15,23-26H,2-3,16-18H2,1H3;4-5,11-15H,2-3,6-8H2,1H3;4,10-14H,3,5-8H2,1-2H3;7-9,12,14H,2-6H2,1H3;8-10,12-14H,3-7H2,1-2H3;8-10,12-13H,2-6H2,1H3;;;;;;;;;;;;;;;;;;;;;;/t23-,24-;11-,12-;10?,11-,12-;7?,8-,9-,11+;8?,9-,10-,11?;9-,10-;;;;;;;;;;;;;;;;;;;;;;/m111111....................../s1. The van der Waals surface area contributed by atoms with E-state index in [1.54, 1.807) is 13.0 Å². The van der Waals surface area contributed by atoms with Crippen molar-refractivity contribution in [2.45, 2.75) is 320 Å². The average molecular weight is 3370 g/mol. The molecule has 1 aliphatic heterocycles. The number of hydrogen-bond donors (Lipinski definition) is 14. The van der Waals surface area contributed by atoms with Gasteiger partial charge in [-0.2, -0.15) is 0 Å². The number of carbonyl (C=O) groups excluding carboxylic acids is 2. The van der Waals surface area contributed by atoms with Crippen LogP contribution >= 0.6 is 7.14 Å². The van der Waals surface area contributed by atoms with Gasteiger partial charge >= 0.3 is 5.97 Å². The molecule has 1 saturated heterocycles. The molecule has 1 heterocycles. The molecule has 22 radical (unpaired) electrons. The largest absolute Gasteiger partial charge is 0.460 e. The monoisotopic (exact) mass is 3360 g/mol. The van der Waals surface area contributed by atoms with Gasteiger partial charge in [-0.1, -0.05) is 214 Å². The number of aliphatic hydroxyl groups is 14. The maximum absolute atomic E-state index is 14.0. The first-order valence-corrected chi connectivity index (χ1v) is 39.4. The Hall–Kier alpha value is 20.2. The fourth-order valence-electron chi connectivity index (χ4n) is 14.9. The van der Waals surface area contributed by atoms with Gasteiger partial charge in [-0.15, -0.1) is 0 Å². The van der Waals surface area contributed by atoms with Crippen LogP contribution < -0.4 is 10.6 Å². The molecule has 2 aromatic carbocycles. The SMILES string of the molecule is CC=C1C[C@@H](O)C(CCCC)[C@H](O)C1.CCCC=C1[C@H](O)CC(=CCO)C[C@H]1O.CCCC=C1[C@H](O)CC(=CCP(=O)(c2ccccc2)c2ccccc2)C[C@H]1O.CCCCC1[C@H](O)CC(=O)C[C@H]1O.CCCCC1[C@H](O)CC(C)(O)C[C@H]1O.CCCCC1[C@H](O)C[C@]2(O)C[C@H]1OC2=O.[Y].[Y].[Y].[Y].[Y].[Y].[Y].[Y].[Y].[Y].[Y].[Y].[Y].[Y].[Y].[Y].[Y].[Y].[Y].[Y].[Y].[Y]. The van der Waals surface area contributed by atoms with Crippen molar-refractivity contribution in [1.82, 2.24) is 0 Å². The Kier molecular flexibility index (Phi) is 165. The average Bonchev–Trinajstić information content (AvgIpc) is 1.58. The van der Waals surface area contributed by atoms with E-state index in [4.69, 9.17) is 9.84 Å². The molecule has 2 aromatic rings. The summed E-state index contributed by atoms with van der Waals surface area (Å²) in [5, 5.41) is 139. The second-order valence-corrected chi connectivity index (χ2v) is 32.0. The first kappa shape index (κ1) is 186. The summed E-state index contributed by atoms with van der Waals surface area (Å²) in [4.78, 5) is 22.3. The van der Waals surface area contributed by atoms with Gasteiger partial charge in [0.1, 0.15) is 19.0 Å². The minimum atomic E-state index is -2.82. The zero-order chi connectivity index (χ0) is 73.5. The van der Waals surface area contributed by atoms with E-state index in [1.165, 1.54) is 5.57 Å². The van der Waals surface area contributed by atoms with Gasteiger partial charge in [0.2, 0.25) is 0 Å². The molecular formula is C80H129O18PY22. The van der Waals surface area contributed by atoms with Gasteiger partial charge in [0.05, 0.1) is 79.4 Å². The molecule has 1 unspecified atom stereocenters. The van der Waals surface area contributed by atoms with Gasteiger partial charge in [0, 0.05) is 799 Å². The Morgan fingerprint density at radius 2 is 0.678 bits per heavy atom. The summed E-state index contributed by atoms with van der Waals surface area (Å²) in [6, 6.07) is 19.2. The fraction of sp³-hybridized carbons (Fsp3) is 0.700. The molecule has 14 N–H and O–H groups in total. The van der Waals surface area contributed by atoms with Crippen molar-refractivity contribution in [3.05, 3.63) is 119 Å². The second kappa shape index (κ2) is 107. The summed E-state index contributed by atoms with van der Waals surface area (Å²) in [5.41, 5.74) is 2.26. The second-order valence-electron chi connectivity index (χ2n) is 29.2. The van der Waals surface area contributed by atoms with Crippen molar-refractivity contribution in [3.8, 4) is 0 Å². The van der Waals surface area contributed by atoms with Crippen LogP contribution in [0.3, 0.4) is 0 Å². The van der Waals surface area contributed by atoms with Crippen molar-refractivity contribution in [2.24, 2.45) is 23.7 Å². The third-order valence-electron chi connectivity index (χ3n) is 20.8. The topological polar surface area (TPSA) is 344 Å². The molecule has 0 amide bonds. The molecule has 628 valence electrons.